The molecule has 1 fully saturated rings. The molecule has 3 nitrogen and oxygen atoms in total. The van der Waals surface area contributed by atoms with Gasteiger partial charge in [-0.15, -0.1) is 0 Å². The highest BCUT2D eigenvalue weighted by atomic mass is 28.3. The predicted octanol–water partition coefficient (Wildman–Crippen LogP) is 5.23. The molecular formula is C18H29NO2Si. The minimum atomic E-state index is -1.08. The Morgan fingerprint density at radius 2 is 1.82 bits per heavy atom. The molecule has 2 N–H and O–H groups in total. The van der Waals surface area contributed by atoms with Crippen molar-refractivity contribution in [3.05, 3.63) is 29.8 Å². The van der Waals surface area contributed by atoms with Gasteiger partial charge in [0, 0.05) is 12.2 Å². The van der Waals surface area contributed by atoms with Crippen LogP contribution in [0.1, 0.15) is 48.9 Å². The molecule has 0 atom stereocenters. The number of carboxylic acids is 1. The number of benzene rings is 1. The maximum absolute atomic E-state index is 10.8. The highest BCUT2D eigenvalue weighted by Gasteiger charge is 2.31. The van der Waals surface area contributed by atoms with Gasteiger partial charge < -0.3 is 10.4 Å². The summed E-state index contributed by atoms with van der Waals surface area (Å²) in [4.78, 5) is 10.8. The average molecular weight is 320 g/mol. The van der Waals surface area contributed by atoms with E-state index in [2.05, 4.69) is 18.4 Å². The number of aromatic carboxylic acids is 1. The molecule has 0 amide bonds. The lowest BCUT2D eigenvalue weighted by molar-refractivity contribution is 0.0697. The molecule has 1 aliphatic rings. The Bertz CT molecular complexity index is 478. The molecule has 0 saturated heterocycles. The van der Waals surface area contributed by atoms with Crippen molar-refractivity contribution >= 4 is 19.7 Å². The van der Waals surface area contributed by atoms with Crippen molar-refractivity contribution in [2.75, 3.05) is 11.9 Å². The minimum Gasteiger partial charge on any atom is -0.478 e. The Hall–Kier alpha value is -1.29. The summed E-state index contributed by atoms with van der Waals surface area (Å²) in [7, 11) is -1.08. The summed E-state index contributed by atoms with van der Waals surface area (Å²) in [6, 6.07) is 8.41. The van der Waals surface area contributed by atoms with E-state index in [1.807, 2.05) is 12.1 Å². The van der Waals surface area contributed by atoms with Gasteiger partial charge in [0.05, 0.1) is 13.6 Å². The van der Waals surface area contributed by atoms with Crippen LogP contribution < -0.4 is 5.32 Å². The smallest absolute Gasteiger partial charge is 0.335 e. The average Bonchev–Trinajstić information content (AvgIpc) is 2.53. The largest absolute Gasteiger partial charge is 0.478 e. The van der Waals surface area contributed by atoms with Crippen LogP contribution in [0.2, 0.25) is 24.7 Å². The normalized spacial score (nSPS) is 16.5. The second-order valence-corrected chi connectivity index (χ2v) is 12.5. The highest BCUT2D eigenvalue weighted by Crippen LogP contribution is 2.39. The number of anilines is 1. The van der Waals surface area contributed by atoms with E-state index in [1.165, 1.54) is 44.6 Å². The van der Waals surface area contributed by atoms with Gasteiger partial charge in [0.25, 0.3) is 0 Å². The maximum atomic E-state index is 10.8. The molecule has 2 rings (SSSR count). The summed E-state index contributed by atoms with van der Waals surface area (Å²) < 4.78 is 0. The SMILES string of the molecule is C[Si](C)(CCCNc1ccc(C(=O)O)cc1)C1CCCCC1. The van der Waals surface area contributed by atoms with Crippen molar-refractivity contribution in [3.8, 4) is 0 Å². The van der Waals surface area contributed by atoms with Crippen molar-refractivity contribution < 1.29 is 9.90 Å². The predicted molar refractivity (Wildman–Crippen MR) is 95.6 cm³/mol. The molecule has 0 heterocycles. The van der Waals surface area contributed by atoms with Crippen LogP contribution >= 0.6 is 0 Å². The van der Waals surface area contributed by atoms with Crippen molar-refractivity contribution in [3.63, 3.8) is 0 Å². The van der Waals surface area contributed by atoms with Crippen LogP contribution in [0.25, 0.3) is 0 Å². The zero-order valence-electron chi connectivity index (χ0n) is 13.9. The van der Waals surface area contributed by atoms with Crippen molar-refractivity contribution in [2.45, 2.75) is 63.2 Å². The van der Waals surface area contributed by atoms with Crippen LogP contribution in [0.4, 0.5) is 5.69 Å². The van der Waals surface area contributed by atoms with Gasteiger partial charge in [-0.1, -0.05) is 51.2 Å². The molecule has 22 heavy (non-hydrogen) atoms. The lowest BCUT2D eigenvalue weighted by Crippen LogP contribution is -2.34. The zero-order valence-corrected chi connectivity index (χ0v) is 14.9. The third-order valence-corrected chi connectivity index (χ3v) is 9.60. The van der Waals surface area contributed by atoms with Crippen molar-refractivity contribution in [1.29, 1.82) is 0 Å². The maximum Gasteiger partial charge on any atom is 0.335 e. The summed E-state index contributed by atoms with van der Waals surface area (Å²) in [5.41, 5.74) is 2.38. The monoisotopic (exact) mass is 319 g/mol. The van der Waals surface area contributed by atoms with Crippen LogP contribution in [0.5, 0.6) is 0 Å². The van der Waals surface area contributed by atoms with Gasteiger partial charge in [-0.25, -0.2) is 4.79 Å². The van der Waals surface area contributed by atoms with E-state index < -0.39 is 14.0 Å². The number of nitrogens with one attached hydrogen (secondary N) is 1. The van der Waals surface area contributed by atoms with Gasteiger partial charge in [-0.2, -0.15) is 0 Å². The molecule has 0 aromatic heterocycles. The van der Waals surface area contributed by atoms with E-state index in [9.17, 15) is 4.79 Å². The first-order chi connectivity index (χ1) is 10.5. The molecule has 1 aromatic rings. The van der Waals surface area contributed by atoms with E-state index in [0.29, 0.717) is 5.56 Å². The third kappa shape index (κ3) is 4.87. The summed E-state index contributed by atoms with van der Waals surface area (Å²) in [5, 5.41) is 12.3. The van der Waals surface area contributed by atoms with E-state index in [1.54, 1.807) is 12.1 Å². The lowest BCUT2D eigenvalue weighted by Gasteiger charge is -2.35. The van der Waals surface area contributed by atoms with Crippen molar-refractivity contribution in [1.82, 2.24) is 0 Å². The molecule has 0 aliphatic heterocycles. The van der Waals surface area contributed by atoms with E-state index in [4.69, 9.17) is 5.11 Å². The van der Waals surface area contributed by atoms with Gasteiger partial charge in [-0.3, -0.25) is 0 Å². The molecule has 1 aromatic carbocycles. The molecule has 1 aliphatic carbocycles. The van der Waals surface area contributed by atoms with Crippen molar-refractivity contribution in [2.24, 2.45) is 0 Å². The van der Waals surface area contributed by atoms with Crippen LogP contribution in [0.3, 0.4) is 0 Å². The summed E-state index contributed by atoms with van der Waals surface area (Å²) in [6.45, 7) is 6.10. The second kappa shape index (κ2) is 7.81. The number of carbonyl (C=O) groups is 1. The molecule has 0 radical (unpaired) electrons. The molecule has 4 heteroatoms. The Kier molecular flexibility index (Phi) is 6.06. The molecule has 0 unspecified atom stereocenters. The van der Waals surface area contributed by atoms with Gasteiger partial charge in [0.1, 0.15) is 0 Å². The fourth-order valence-corrected chi connectivity index (χ4v) is 7.06. The fraction of sp³-hybridized carbons (Fsp3) is 0.611. The minimum absolute atomic E-state index is 0.344. The molecular weight excluding hydrogens is 290 g/mol. The Balaban J connectivity index is 1.72. The van der Waals surface area contributed by atoms with Gasteiger partial charge in [-0.05, 0) is 36.2 Å². The number of hydrogen-bond acceptors (Lipinski definition) is 2. The molecule has 0 bridgehead atoms. The molecule has 122 valence electrons. The summed E-state index contributed by atoms with van der Waals surface area (Å²) in [6.07, 6.45) is 8.46. The van der Waals surface area contributed by atoms with Crippen LogP contribution in [-0.4, -0.2) is 25.7 Å². The number of hydrogen-bond donors (Lipinski definition) is 2. The summed E-state index contributed by atoms with van der Waals surface area (Å²) in [5.74, 6) is -0.869. The van der Waals surface area contributed by atoms with Gasteiger partial charge in [0.15, 0.2) is 0 Å². The topological polar surface area (TPSA) is 49.3 Å². The third-order valence-electron chi connectivity index (χ3n) is 5.17. The Morgan fingerprint density at radius 3 is 2.41 bits per heavy atom. The highest BCUT2D eigenvalue weighted by molar-refractivity contribution is 6.78. The molecule has 0 spiro atoms. The van der Waals surface area contributed by atoms with Gasteiger partial charge >= 0.3 is 5.97 Å². The first kappa shape index (κ1) is 17.1. The Morgan fingerprint density at radius 1 is 1.18 bits per heavy atom. The number of carboxylic acid groups (broad SMARTS) is 1. The quantitative estimate of drug-likeness (QED) is 0.534. The summed E-state index contributed by atoms with van der Waals surface area (Å²) >= 11 is 0. The Labute approximate surface area is 135 Å². The van der Waals surface area contributed by atoms with E-state index >= 15 is 0 Å². The number of rotatable bonds is 7. The van der Waals surface area contributed by atoms with Crippen LogP contribution in [0, 0.1) is 0 Å². The van der Waals surface area contributed by atoms with Gasteiger partial charge in [0.2, 0.25) is 0 Å². The standard InChI is InChI=1S/C18H29NO2Si/c1-22(2,17-7-4-3-5-8-17)14-6-13-19-16-11-9-15(10-12-16)18(20)21/h9-12,17,19H,3-8,13-14H2,1-2H3,(H,20,21). The fourth-order valence-electron chi connectivity index (χ4n) is 3.60. The molecule has 1 saturated carbocycles. The second-order valence-electron chi connectivity index (χ2n) is 7.24. The lowest BCUT2D eigenvalue weighted by atomic mass is 10.0. The first-order valence-electron chi connectivity index (χ1n) is 8.56. The van der Waals surface area contributed by atoms with E-state index in [0.717, 1.165) is 17.8 Å². The van der Waals surface area contributed by atoms with Crippen LogP contribution in [0.15, 0.2) is 24.3 Å². The zero-order chi connectivity index (χ0) is 16.0. The van der Waals surface area contributed by atoms with Crippen LogP contribution in [-0.2, 0) is 0 Å². The van der Waals surface area contributed by atoms with E-state index in [-0.39, 0.29) is 0 Å². The first-order valence-corrected chi connectivity index (χ1v) is 11.8.